The standard InChI is InChI=1S/C29H29N5OS/c1-5-20-10-12-22(13-11-20)34-27(21-14-16-30-17-15-21)31-32-28(34)36-19-23(35)18-26-29(2,3)24-8-6-7-9-25(24)33(26)4/h6-18H,5,19H2,1-4H3/b26-18+. The van der Waals surface area contributed by atoms with Gasteiger partial charge in [-0.05, 0) is 47.9 Å². The second kappa shape index (κ2) is 9.74. The fourth-order valence-corrected chi connectivity index (χ4v) is 5.53. The van der Waals surface area contributed by atoms with Crippen LogP contribution in [0.15, 0.2) is 90.0 Å². The summed E-state index contributed by atoms with van der Waals surface area (Å²) in [5.74, 6) is 1.04. The van der Waals surface area contributed by atoms with Crippen LogP contribution in [0.1, 0.15) is 31.9 Å². The number of aryl methyl sites for hydroxylation is 1. The van der Waals surface area contributed by atoms with Gasteiger partial charge in [0.1, 0.15) is 0 Å². The van der Waals surface area contributed by atoms with E-state index in [9.17, 15) is 4.79 Å². The van der Waals surface area contributed by atoms with Crippen LogP contribution in [-0.2, 0) is 16.6 Å². The van der Waals surface area contributed by atoms with Gasteiger partial charge in [0, 0.05) is 53.6 Å². The van der Waals surface area contributed by atoms with Crippen molar-refractivity contribution in [1.29, 1.82) is 0 Å². The molecule has 6 nitrogen and oxygen atoms in total. The van der Waals surface area contributed by atoms with Gasteiger partial charge in [0.25, 0.3) is 0 Å². The van der Waals surface area contributed by atoms with Gasteiger partial charge >= 0.3 is 0 Å². The van der Waals surface area contributed by atoms with Crippen molar-refractivity contribution in [3.05, 3.63) is 96.0 Å². The van der Waals surface area contributed by atoms with Gasteiger partial charge in [-0.1, -0.05) is 62.9 Å². The van der Waals surface area contributed by atoms with Crippen molar-refractivity contribution in [3.63, 3.8) is 0 Å². The van der Waals surface area contributed by atoms with Gasteiger partial charge in [-0.25, -0.2) is 0 Å². The van der Waals surface area contributed by atoms with Gasteiger partial charge in [-0.3, -0.25) is 14.3 Å². The maximum Gasteiger partial charge on any atom is 0.196 e. The Morgan fingerprint density at radius 1 is 1.00 bits per heavy atom. The molecule has 0 radical (unpaired) electrons. The Morgan fingerprint density at radius 2 is 1.72 bits per heavy atom. The molecule has 0 aliphatic carbocycles. The Bertz CT molecular complexity index is 1420. The molecule has 2 aromatic heterocycles. The van der Waals surface area contributed by atoms with Crippen LogP contribution in [0.25, 0.3) is 17.1 Å². The number of carbonyl (C=O) groups is 1. The van der Waals surface area contributed by atoms with Crippen LogP contribution in [0.2, 0.25) is 0 Å². The van der Waals surface area contributed by atoms with Crippen molar-refractivity contribution in [1.82, 2.24) is 19.7 Å². The highest BCUT2D eigenvalue weighted by molar-refractivity contribution is 7.99. The number of nitrogens with zero attached hydrogens (tertiary/aromatic N) is 5. The van der Waals surface area contributed by atoms with Crippen LogP contribution < -0.4 is 4.90 Å². The topological polar surface area (TPSA) is 63.9 Å². The van der Waals surface area contributed by atoms with E-state index >= 15 is 0 Å². The molecule has 0 atom stereocenters. The normalized spacial score (nSPS) is 15.3. The van der Waals surface area contributed by atoms with Crippen molar-refractivity contribution < 1.29 is 4.79 Å². The number of anilines is 1. The highest BCUT2D eigenvalue weighted by Gasteiger charge is 2.38. The van der Waals surface area contributed by atoms with E-state index in [0.717, 1.165) is 34.9 Å². The van der Waals surface area contributed by atoms with E-state index in [2.05, 4.69) is 83.3 Å². The number of hydrogen-bond acceptors (Lipinski definition) is 6. The predicted molar refractivity (Wildman–Crippen MR) is 146 cm³/mol. The lowest BCUT2D eigenvalue weighted by molar-refractivity contribution is -0.112. The first-order chi connectivity index (χ1) is 17.4. The van der Waals surface area contributed by atoms with Crippen LogP contribution >= 0.6 is 11.8 Å². The van der Waals surface area contributed by atoms with E-state index in [0.29, 0.717) is 5.16 Å². The number of likely N-dealkylation sites (N-methyl/N-ethyl adjacent to an activating group) is 1. The molecule has 0 N–H and O–H groups in total. The third-order valence-electron chi connectivity index (χ3n) is 6.76. The number of carbonyl (C=O) groups excluding carboxylic acids is 1. The predicted octanol–water partition coefficient (Wildman–Crippen LogP) is 5.86. The van der Waals surface area contributed by atoms with Crippen LogP contribution in [0.5, 0.6) is 0 Å². The Labute approximate surface area is 216 Å². The Morgan fingerprint density at radius 3 is 2.42 bits per heavy atom. The zero-order valence-corrected chi connectivity index (χ0v) is 21.8. The molecule has 0 amide bonds. The number of fused-ring (bicyclic) bond motifs is 1. The first-order valence-electron chi connectivity index (χ1n) is 12.1. The van der Waals surface area contributed by atoms with Crippen molar-refractivity contribution >= 4 is 23.2 Å². The van der Waals surface area contributed by atoms with E-state index in [1.165, 1.54) is 22.9 Å². The first kappa shape index (κ1) is 24.0. The van der Waals surface area contributed by atoms with Gasteiger partial charge in [-0.2, -0.15) is 0 Å². The molecule has 1 aliphatic heterocycles. The summed E-state index contributed by atoms with van der Waals surface area (Å²) >= 11 is 1.41. The lowest BCUT2D eigenvalue weighted by Crippen LogP contribution is -2.24. The number of rotatable bonds is 7. The van der Waals surface area contributed by atoms with Gasteiger partial charge < -0.3 is 4.90 Å². The third-order valence-corrected chi connectivity index (χ3v) is 7.71. The zero-order chi connectivity index (χ0) is 25.3. The van der Waals surface area contributed by atoms with E-state index in [1.54, 1.807) is 18.5 Å². The molecule has 0 saturated carbocycles. The molecule has 0 bridgehead atoms. The highest BCUT2D eigenvalue weighted by atomic mass is 32.2. The fraction of sp³-hybridized carbons (Fsp3) is 0.241. The maximum absolute atomic E-state index is 13.2. The molecule has 7 heteroatoms. The second-order valence-electron chi connectivity index (χ2n) is 9.38. The number of hydrogen-bond donors (Lipinski definition) is 0. The summed E-state index contributed by atoms with van der Waals surface area (Å²) in [5.41, 5.74) is 6.29. The van der Waals surface area contributed by atoms with Gasteiger partial charge in [0.15, 0.2) is 16.8 Å². The average Bonchev–Trinajstić information content (AvgIpc) is 3.41. The van der Waals surface area contributed by atoms with Crippen molar-refractivity contribution in [2.45, 2.75) is 37.8 Å². The number of thioether (sulfide) groups is 1. The number of benzene rings is 2. The molecule has 0 saturated heterocycles. The van der Waals surface area contributed by atoms with Crippen LogP contribution in [0.3, 0.4) is 0 Å². The zero-order valence-electron chi connectivity index (χ0n) is 21.0. The Balaban J connectivity index is 1.43. The summed E-state index contributed by atoms with van der Waals surface area (Å²) < 4.78 is 2.02. The molecule has 2 aromatic carbocycles. The summed E-state index contributed by atoms with van der Waals surface area (Å²) in [6.45, 7) is 6.47. The molecule has 1 aliphatic rings. The average molecular weight is 496 g/mol. The van der Waals surface area contributed by atoms with Crippen LogP contribution in [0.4, 0.5) is 5.69 Å². The maximum atomic E-state index is 13.2. The van der Waals surface area contributed by atoms with Crippen molar-refractivity contribution in [2.75, 3.05) is 17.7 Å². The largest absolute Gasteiger partial charge is 0.347 e. The second-order valence-corrected chi connectivity index (χ2v) is 10.3. The smallest absolute Gasteiger partial charge is 0.196 e. The quantitative estimate of drug-likeness (QED) is 0.236. The monoisotopic (exact) mass is 495 g/mol. The van der Waals surface area contributed by atoms with Crippen LogP contribution in [-0.4, -0.2) is 38.3 Å². The molecular formula is C29H29N5OS. The van der Waals surface area contributed by atoms with Gasteiger partial charge in [-0.15, -0.1) is 10.2 Å². The van der Waals surface area contributed by atoms with E-state index in [1.807, 2.05) is 29.8 Å². The molecular weight excluding hydrogens is 466 g/mol. The minimum absolute atomic E-state index is 0.0454. The SMILES string of the molecule is CCc1ccc(-n2c(SCC(=O)/C=C3/N(C)c4ccccc4C3(C)C)nnc2-c2ccncc2)cc1. The highest BCUT2D eigenvalue weighted by Crippen LogP contribution is 2.46. The number of allylic oxidation sites excluding steroid dienone is 2. The number of aromatic nitrogens is 4. The van der Waals surface area contributed by atoms with Gasteiger partial charge in [0.2, 0.25) is 0 Å². The summed E-state index contributed by atoms with van der Waals surface area (Å²) in [7, 11) is 2.03. The molecule has 5 rings (SSSR count). The van der Waals surface area contributed by atoms with E-state index < -0.39 is 0 Å². The fourth-order valence-electron chi connectivity index (χ4n) is 4.75. The minimum atomic E-state index is -0.235. The lowest BCUT2D eigenvalue weighted by atomic mass is 9.83. The molecule has 0 spiro atoms. The Kier molecular flexibility index (Phi) is 6.49. The molecule has 0 unspecified atom stereocenters. The first-order valence-corrected chi connectivity index (χ1v) is 13.0. The van der Waals surface area contributed by atoms with E-state index in [4.69, 9.17) is 0 Å². The number of ketones is 1. The molecule has 0 fully saturated rings. The minimum Gasteiger partial charge on any atom is -0.347 e. The summed E-state index contributed by atoms with van der Waals surface area (Å²) in [6, 6.07) is 20.5. The molecule has 182 valence electrons. The Hall–Kier alpha value is -3.71. The lowest BCUT2D eigenvalue weighted by Gasteiger charge is -2.23. The summed E-state index contributed by atoms with van der Waals surface area (Å²) in [4.78, 5) is 19.4. The summed E-state index contributed by atoms with van der Waals surface area (Å²) in [6.07, 6.45) is 6.25. The van der Waals surface area contributed by atoms with Crippen LogP contribution in [0, 0.1) is 0 Å². The van der Waals surface area contributed by atoms with Gasteiger partial charge in [0.05, 0.1) is 5.75 Å². The molecule has 4 aromatic rings. The number of para-hydroxylation sites is 1. The summed E-state index contributed by atoms with van der Waals surface area (Å²) in [5, 5.41) is 9.62. The van der Waals surface area contributed by atoms with E-state index in [-0.39, 0.29) is 17.0 Å². The molecule has 3 heterocycles. The van der Waals surface area contributed by atoms with Crippen molar-refractivity contribution in [3.8, 4) is 17.1 Å². The number of pyridine rings is 1. The third kappa shape index (κ3) is 4.35. The molecule has 36 heavy (non-hydrogen) atoms. The van der Waals surface area contributed by atoms with Crippen molar-refractivity contribution in [2.24, 2.45) is 0 Å².